The minimum Gasteiger partial charge on any atom is -0.494 e. The van der Waals surface area contributed by atoms with Gasteiger partial charge in [-0.05, 0) is 60.9 Å². The van der Waals surface area contributed by atoms with Crippen LogP contribution in [-0.4, -0.2) is 26.3 Å². The largest absolute Gasteiger partial charge is 0.494 e. The second-order valence-corrected chi connectivity index (χ2v) is 8.77. The average molecular weight is 461 g/mol. The summed E-state index contributed by atoms with van der Waals surface area (Å²) in [5.74, 6) is 0.727. The van der Waals surface area contributed by atoms with Crippen molar-refractivity contribution in [2.75, 3.05) is 7.11 Å². The Hall–Kier alpha value is -3.65. The molecular formula is C25H21FN4O2S. The van der Waals surface area contributed by atoms with Crippen molar-refractivity contribution in [1.82, 2.24) is 19.2 Å². The van der Waals surface area contributed by atoms with Crippen molar-refractivity contribution >= 4 is 28.4 Å². The quantitative estimate of drug-likeness (QED) is 0.342. The summed E-state index contributed by atoms with van der Waals surface area (Å²) in [4.78, 5) is 13.5. The SMILES string of the molecule is COc1ccc(CSc2nnc3n(-c4cc(C)ccc4C)c(=O)c4ccccc4n23)cc1F. The standard InChI is InChI=1S/C25H21FN4O2S/c1-15-8-9-16(2)21(12-15)29-23(31)18-6-4-5-7-20(18)30-24(29)27-28-25(30)33-14-17-10-11-22(32-3)19(26)13-17/h4-13H,14H2,1-3H3. The highest BCUT2D eigenvalue weighted by Crippen LogP contribution is 2.28. The molecule has 0 N–H and O–H groups in total. The monoisotopic (exact) mass is 460 g/mol. The third-order valence-corrected chi connectivity index (χ3v) is 6.58. The highest BCUT2D eigenvalue weighted by Gasteiger charge is 2.19. The first-order valence-electron chi connectivity index (χ1n) is 10.4. The molecule has 0 saturated heterocycles. The van der Waals surface area contributed by atoms with Crippen LogP contribution >= 0.6 is 11.8 Å². The fourth-order valence-electron chi connectivity index (χ4n) is 3.90. The van der Waals surface area contributed by atoms with Crippen LogP contribution < -0.4 is 10.3 Å². The molecule has 0 aliphatic carbocycles. The number of rotatable bonds is 5. The molecule has 0 fully saturated rings. The Morgan fingerprint density at radius 1 is 1.03 bits per heavy atom. The molecular weight excluding hydrogens is 439 g/mol. The predicted octanol–water partition coefficient (Wildman–Crippen LogP) is 5.09. The zero-order valence-electron chi connectivity index (χ0n) is 18.4. The number of aryl methyl sites for hydroxylation is 2. The third kappa shape index (κ3) is 3.66. The van der Waals surface area contributed by atoms with Gasteiger partial charge in [-0.25, -0.2) is 8.96 Å². The van der Waals surface area contributed by atoms with Gasteiger partial charge >= 0.3 is 0 Å². The van der Waals surface area contributed by atoms with Gasteiger partial charge in [-0.3, -0.25) is 9.20 Å². The van der Waals surface area contributed by atoms with Gasteiger partial charge in [-0.15, -0.1) is 10.2 Å². The highest BCUT2D eigenvalue weighted by atomic mass is 32.2. The molecule has 2 heterocycles. The summed E-state index contributed by atoms with van der Waals surface area (Å²) in [6.07, 6.45) is 0. The number of fused-ring (bicyclic) bond motifs is 3. The van der Waals surface area contributed by atoms with E-state index in [1.165, 1.54) is 24.9 Å². The van der Waals surface area contributed by atoms with E-state index in [1.54, 1.807) is 10.6 Å². The van der Waals surface area contributed by atoms with Crippen LogP contribution in [0, 0.1) is 19.7 Å². The Morgan fingerprint density at radius 2 is 1.85 bits per heavy atom. The molecule has 5 rings (SSSR count). The highest BCUT2D eigenvalue weighted by molar-refractivity contribution is 7.98. The Morgan fingerprint density at radius 3 is 2.64 bits per heavy atom. The first-order chi connectivity index (χ1) is 16.0. The molecule has 6 nitrogen and oxygen atoms in total. The Labute approximate surface area is 193 Å². The van der Waals surface area contributed by atoms with E-state index < -0.39 is 5.82 Å². The van der Waals surface area contributed by atoms with Crippen LogP contribution in [0.15, 0.2) is 70.6 Å². The molecule has 0 aliphatic heterocycles. The molecule has 5 aromatic rings. The molecule has 0 aliphatic rings. The first-order valence-corrected chi connectivity index (χ1v) is 11.4. The Bertz CT molecular complexity index is 1570. The molecule has 0 saturated carbocycles. The second-order valence-electron chi connectivity index (χ2n) is 7.82. The molecule has 0 atom stereocenters. The smallest absolute Gasteiger partial charge is 0.267 e. The summed E-state index contributed by atoms with van der Waals surface area (Å²) < 4.78 is 22.6. The van der Waals surface area contributed by atoms with Crippen molar-refractivity contribution in [2.24, 2.45) is 0 Å². The van der Waals surface area contributed by atoms with Crippen molar-refractivity contribution in [3.8, 4) is 11.4 Å². The lowest BCUT2D eigenvalue weighted by Crippen LogP contribution is -2.22. The number of ether oxygens (including phenoxy) is 1. The van der Waals surface area contributed by atoms with Gasteiger partial charge in [0, 0.05) is 5.75 Å². The molecule has 2 aromatic heterocycles. The molecule has 0 unspecified atom stereocenters. The number of para-hydroxylation sites is 1. The van der Waals surface area contributed by atoms with Crippen LogP contribution in [0.5, 0.6) is 5.75 Å². The maximum atomic E-state index is 14.1. The zero-order chi connectivity index (χ0) is 23.1. The molecule has 33 heavy (non-hydrogen) atoms. The van der Waals surface area contributed by atoms with E-state index in [1.807, 2.05) is 66.8 Å². The fraction of sp³-hybridized carbons (Fsp3) is 0.160. The van der Waals surface area contributed by atoms with Gasteiger partial charge in [-0.1, -0.05) is 42.1 Å². The molecule has 8 heteroatoms. The van der Waals surface area contributed by atoms with Gasteiger partial charge in [0.1, 0.15) is 0 Å². The number of methoxy groups -OCH3 is 1. The van der Waals surface area contributed by atoms with Crippen LogP contribution in [0.2, 0.25) is 0 Å². The van der Waals surface area contributed by atoms with E-state index in [2.05, 4.69) is 10.2 Å². The summed E-state index contributed by atoms with van der Waals surface area (Å²) in [5.41, 5.74) is 4.16. The maximum absolute atomic E-state index is 14.1. The molecule has 166 valence electrons. The van der Waals surface area contributed by atoms with Crippen molar-refractivity contribution < 1.29 is 9.13 Å². The van der Waals surface area contributed by atoms with Crippen LogP contribution in [0.25, 0.3) is 22.4 Å². The number of hydrogen-bond acceptors (Lipinski definition) is 5. The average Bonchev–Trinajstić information content (AvgIpc) is 3.24. The van der Waals surface area contributed by atoms with E-state index >= 15 is 0 Å². The molecule has 0 radical (unpaired) electrons. The van der Waals surface area contributed by atoms with Crippen LogP contribution in [0.4, 0.5) is 4.39 Å². The van der Waals surface area contributed by atoms with Crippen molar-refractivity contribution in [2.45, 2.75) is 24.8 Å². The zero-order valence-corrected chi connectivity index (χ0v) is 19.2. The summed E-state index contributed by atoms with van der Waals surface area (Å²) in [7, 11) is 1.44. The van der Waals surface area contributed by atoms with Crippen molar-refractivity contribution in [3.63, 3.8) is 0 Å². The van der Waals surface area contributed by atoms with Crippen LogP contribution in [0.3, 0.4) is 0 Å². The summed E-state index contributed by atoms with van der Waals surface area (Å²) in [5, 5.41) is 9.98. The maximum Gasteiger partial charge on any atom is 0.267 e. The second kappa shape index (κ2) is 8.37. The van der Waals surface area contributed by atoms with E-state index in [4.69, 9.17) is 4.74 Å². The first kappa shape index (κ1) is 21.2. The number of hydrogen-bond donors (Lipinski definition) is 0. The van der Waals surface area contributed by atoms with Crippen LogP contribution in [-0.2, 0) is 5.75 Å². The number of thioether (sulfide) groups is 1. The molecule has 3 aromatic carbocycles. The minimum absolute atomic E-state index is 0.145. The topological polar surface area (TPSA) is 61.4 Å². The number of halogens is 1. The lowest BCUT2D eigenvalue weighted by Gasteiger charge is -2.14. The van der Waals surface area contributed by atoms with Gasteiger partial charge < -0.3 is 4.74 Å². The molecule has 0 spiro atoms. The lowest BCUT2D eigenvalue weighted by atomic mass is 10.1. The Kier molecular flexibility index (Phi) is 5.38. The van der Waals surface area contributed by atoms with Gasteiger partial charge in [0.05, 0.1) is 23.7 Å². The van der Waals surface area contributed by atoms with E-state index in [-0.39, 0.29) is 11.3 Å². The summed E-state index contributed by atoms with van der Waals surface area (Å²) >= 11 is 1.43. The lowest BCUT2D eigenvalue weighted by molar-refractivity contribution is 0.386. The number of benzene rings is 3. The number of nitrogens with zero attached hydrogens (tertiary/aromatic N) is 4. The van der Waals surface area contributed by atoms with Gasteiger partial charge in [0.2, 0.25) is 5.78 Å². The van der Waals surface area contributed by atoms with Gasteiger partial charge in [-0.2, -0.15) is 0 Å². The number of aromatic nitrogens is 4. The third-order valence-electron chi connectivity index (χ3n) is 5.58. The molecule has 0 amide bonds. The van der Waals surface area contributed by atoms with Gasteiger partial charge in [0.25, 0.3) is 5.56 Å². The summed E-state index contributed by atoms with van der Waals surface area (Å²) in [6.45, 7) is 3.96. The van der Waals surface area contributed by atoms with Gasteiger partial charge in [0.15, 0.2) is 16.7 Å². The molecule has 0 bridgehead atoms. The summed E-state index contributed by atoms with van der Waals surface area (Å²) in [6, 6.07) is 18.3. The predicted molar refractivity (Wildman–Crippen MR) is 128 cm³/mol. The van der Waals surface area contributed by atoms with E-state index in [9.17, 15) is 9.18 Å². The van der Waals surface area contributed by atoms with Crippen molar-refractivity contribution in [1.29, 1.82) is 0 Å². The normalized spacial score (nSPS) is 11.4. The Balaban J connectivity index is 1.68. The van der Waals surface area contributed by atoms with E-state index in [0.717, 1.165) is 27.9 Å². The van der Waals surface area contributed by atoms with E-state index in [0.29, 0.717) is 22.1 Å². The fourth-order valence-corrected chi connectivity index (χ4v) is 4.78. The minimum atomic E-state index is -0.407. The van der Waals surface area contributed by atoms with Crippen molar-refractivity contribution in [3.05, 3.63) is 93.5 Å². The van der Waals surface area contributed by atoms with Crippen LogP contribution in [0.1, 0.15) is 16.7 Å².